The molecule has 0 spiro atoms. The van der Waals surface area contributed by atoms with Gasteiger partial charge in [-0.15, -0.1) is 0 Å². The van der Waals surface area contributed by atoms with Crippen molar-refractivity contribution in [3.8, 4) is 17.0 Å². The highest BCUT2D eigenvalue weighted by Crippen LogP contribution is 2.32. The highest BCUT2D eigenvalue weighted by atomic mass is 32.2. The molecule has 0 saturated carbocycles. The van der Waals surface area contributed by atoms with Gasteiger partial charge in [-0.05, 0) is 50.1 Å². The number of anilines is 2. The Bertz CT molecular complexity index is 1470. The zero-order valence-electron chi connectivity index (χ0n) is 19.7. The van der Waals surface area contributed by atoms with Gasteiger partial charge in [0.2, 0.25) is 0 Å². The lowest BCUT2D eigenvalue weighted by Gasteiger charge is -2.16. The lowest BCUT2D eigenvalue weighted by Crippen LogP contribution is -2.17. The molecule has 1 aromatic heterocycles. The van der Waals surface area contributed by atoms with E-state index in [1.54, 1.807) is 13.0 Å². The number of ether oxygens (including phenoxy) is 1. The molecular weight excluding hydrogens is 466 g/mol. The number of aryl methyl sites for hydroxylation is 3. The summed E-state index contributed by atoms with van der Waals surface area (Å²) in [5, 5.41) is 6.79. The first-order valence-electron chi connectivity index (χ1n) is 10.8. The molecule has 0 atom stereocenters. The van der Waals surface area contributed by atoms with Crippen molar-refractivity contribution in [2.24, 2.45) is 0 Å². The van der Waals surface area contributed by atoms with Gasteiger partial charge in [0, 0.05) is 11.3 Å². The fourth-order valence-electron chi connectivity index (χ4n) is 3.76. The first-order chi connectivity index (χ1) is 16.7. The van der Waals surface area contributed by atoms with Crippen molar-refractivity contribution in [1.82, 2.24) is 5.16 Å². The number of aromatic nitrogens is 1. The maximum atomic E-state index is 13.3. The Labute approximate surface area is 204 Å². The molecule has 0 unspecified atom stereocenters. The van der Waals surface area contributed by atoms with Crippen molar-refractivity contribution in [3.63, 3.8) is 0 Å². The normalized spacial score (nSPS) is 11.2. The molecule has 4 aromatic rings. The summed E-state index contributed by atoms with van der Waals surface area (Å²) in [5.74, 6) is 0.0195. The second kappa shape index (κ2) is 9.63. The van der Waals surface area contributed by atoms with Crippen LogP contribution in [-0.2, 0) is 10.0 Å². The van der Waals surface area contributed by atoms with Crippen molar-refractivity contribution in [1.29, 1.82) is 0 Å². The Morgan fingerprint density at radius 3 is 2.29 bits per heavy atom. The molecule has 1 heterocycles. The minimum Gasteiger partial charge on any atom is -0.495 e. The van der Waals surface area contributed by atoms with E-state index >= 15 is 0 Å². The molecule has 2 N–H and O–H groups in total. The maximum Gasteiger partial charge on any atom is 0.265 e. The van der Waals surface area contributed by atoms with Crippen molar-refractivity contribution in [2.75, 3.05) is 17.1 Å². The van der Waals surface area contributed by atoms with Crippen LogP contribution >= 0.6 is 0 Å². The van der Waals surface area contributed by atoms with Gasteiger partial charge < -0.3 is 14.6 Å². The Balaban J connectivity index is 1.68. The number of nitrogens with zero attached hydrogens (tertiary/aromatic N) is 1. The van der Waals surface area contributed by atoms with Crippen LogP contribution in [0.5, 0.6) is 5.75 Å². The van der Waals surface area contributed by atoms with E-state index in [4.69, 9.17) is 9.26 Å². The molecule has 0 aliphatic rings. The van der Waals surface area contributed by atoms with Gasteiger partial charge in [-0.3, -0.25) is 9.52 Å². The number of para-hydroxylation sites is 1. The van der Waals surface area contributed by atoms with Crippen LogP contribution in [0.1, 0.15) is 27.2 Å². The number of sulfonamides is 1. The van der Waals surface area contributed by atoms with Crippen LogP contribution in [0.3, 0.4) is 0 Å². The molecule has 180 valence electrons. The van der Waals surface area contributed by atoms with Crippen LogP contribution in [0.25, 0.3) is 11.3 Å². The molecule has 8 nitrogen and oxygen atoms in total. The van der Waals surface area contributed by atoms with Gasteiger partial charge in [0.05, 0.1) is 12.8 Å². The Kier molecular flexibility index (Phi) is 6.61. The van der Waals surface area contributed by atoms with Crippen molar-refractivity contribution in [2.45, 2.75) is 25.7 Å². The lowest BCUT2D eigenvalue weighted by atomic mass is 10.1. The highest BCUT2D eigenvalue weighted by Gasteiger charge is 2.25. The van der Waals surface area contributed by atoms with Crippen molar-refractivity contribution in [3.05, 3.63) is 89.2 Å². The van der Waals surface area contributed by atoms with E-state index in [-0.39, 0.29) is 21.9 Å². The third-order valence-corrected chi connectivity index (χ3v) is 6.94. The maximum absolute atomic E-state index is 13.3. The molecule has 0 saturated heterocycles. The van der Waals surface area contributed by atoms with E-state index in [1.807, 2.05) is 62.4 Å². The number of nitrogens with one attached hydrogen (secondary N) is 2. The van der Waals surface area contributed by atoms with E-state index < -0.39 is 15.9 Å². The van der Waals surface area contributed by atoms with Crippen LogP contribution in [-0.4, -0.2) is 26.6 Å². The van der Waals surface area contributed by atoms with E-state index in [9.17, 15) is 13.2 Å². The summed E-state index contributed by atoms with van der Waals surface area (Å²) in [6.45, 7) is 5.29. The molecule has 0 bridgehead atoms. The average molecular weight is 492 g/mol. The van der Waals surface area contributed by atoms with Crippen molar-refractivity contribution >= 4 is 27.3 Å². The molecule has 0 fully saturated rings. The molecule has 4 rings (SSSR count). The summed E-state index contributed by atoms with van der Waals surface area (Å²) in [6, 6.07) is 19.1. The quantitative estimate of drug-likeness (QED) is 0.362. The molecule has 3 aromatic carbocycles. The van der Waals surface area contributed by atoms with Gasteiger partial charge in [-0.2, -0.15) is 0 Å². The van der Waals surface area contributed by atoms with Gasteiger partial charge in [0.25, 0.3) is 15.9 Å². The predicted molar refractivity (Wildman–Crippen MR) is 134 cm³/mol. The van der Waals surface area contributed by atoms with E-state index in [1.165, 1.54) is 19.2 Å². The number of benzene rings is 3. The zero-order valence-corrected chi connectivity index (χ0v) is 20.6. The third-order valence-electron chi connectivity index (χ3n) is 5.57. The summed E-state index contributed by atoms with van der Waals surface area (Å²) in [7, 11) is -2.64. The first kappa shape index (κ1) is 24.0. The number of hydrogen-bond acceptors (Lipinski definition) is 6. The minimum absolute atomic E-state index is 0.106. The molecule has 1 amide bonds. The van der Waals surface area contributed by atoms with Crippen LogP contribution in [0.15, 0.2) is 76.1 Å². The highest BCUT2D eigenvalue weighted by molar-refractivity contribution is 7.92. The topological polar surface area (TPSA) is 111 Å². The summed E-state index contributed by atoms with van der Waals surface area (Å²) < 4.78 is 39.9. The summed E-state index contributed by atoms with van der Waals surface area (Å²) in [5.41, 5.74) is 3.74. The number of rotatable bonds is 7. The monoisotopic (exact) mass is 491 g/mol. The van der Waals surface area contributed by atoms with Gasteiger partial charge in [-0.25, -0.2) is 8.42 Å². The zero-order chi connectivity index (χ0) is 25.2. The van der Waals surface area contributed by atoms with E-state index in [2.05, 4.69) is 15.2 Å². The standard InChI is InChI=1S/C26H25N3O5S/c1-16-9-8-10-17(2)24(16)29-35(31,32)22-15-20(13-14-21(22)33-4)27-26(30)23-18(3)34-28-25(23)19-11-6-5-7-12-19/h5-15,29H,1-4H3,(H,27,30). The lowest BCUT2D eigenvalue weighted by molar-refractivity contribution is 0.102. The summed E-state index contributed by atoms with van der Waals surface area (Å²) in [4.78, 5) is 13.1. The van der Waals surface area contributed by atoms with E-state index in [0.717, 1.165) is 16.7 Å². The Hall–Kier alpha value is -4.11. The number of amides is 1. The van der Waals surface area contributed by atoms with Gasteiger partial charge in [-0.1, -0.05) is 53.7 Å². The first-order valence-corrected chi connectivity index (χ1v) is 12.3. The van der Waals surface area contributed by atoms with Crippen LogP contribution in [0, 0.1) is 20.8 Å². The Morgan fingerprint density at radius 1 is 0.943 bits per heavy atom. The minimum atomic E-state index is -4.03. The van der Waals surface area contributed by atoms with Crippen LogP contribution in [0.4, 0.5) is 11.4 Å². The molecule has 0 aliphatic carbocycles. The number of methoxy groups -OCH3 is 1. The summed E-state index contributed by atoms with van der Waals surface area (Å²) >= 11 is 0. The van der Waals surface area contributed by atoms with Gasteiger partial charge in [0.1, 0.15) is 27.7 Å². The van der Waals surface area contributed by atoms with Gasteiger partial charge >= 0.3 is 0 Å². The SMILES string of the molecule is COc1ccc(NC(=O)c2c(-c3ccccc3)noc2C)cc1S(=O)(=O)Nc1c(C)cccc1C. The van der Waals surface area contributed by atoms with Crippen LogP contribution < -0.4 is 14.8 Å². The molecule has 9 heteroatoms. The fraction of sp³-hybridized carbons (Fsp3) is 0.154. The second-order valence-electron chi connectivity index (χ2n) is 8.02. The summed E-state index contributed by atoms with van der Waals surface area (Å²) in [6.07, 6.45) is 0. The number of carbonyl (C=O) groups is 1. The molecule has 0 radical (unpaired) electrons. The largest absolute Gasteiger partial charge is 0.495 e. The molecular formula is C26H25N3O5S. The second-order valence-corrected chi connectivity index (χ2v) is 9.67. The smallest absolute Gasteiger partial charge is 0.265 e. The van der Waals surface area contributed by atoms with E-state index in [0.29, 0.717) is 17.1 Å². The third kappa shape index (κ3) is 4.90. The predicted octanol–water partition coefficient (Wildman–Crippen LogP) is 5.33. The Morgan fingerprint density at radius 2 is 1.63 bits per heavy atom. The molecule has 0 aliphatic heterocycles. The number of hydrogen-bond donors (Lipinski definition) is 2. The fourth-order valence-corrected chi connectivity index (χ4v) is 5.15. The van der Waals surface area contributed by atoms with Crippen LogP contribution in [0.2, 0.25) is 0 Å². The average Bonchev–Trinajstić information content (AvgIpc) is 3.23. The van der Waals surface area contributed by atoms with Crippen molar-refractivity contribution < 1.29 is 22.5 Å². The number of carbonyl (C=O) groups excluding carboxylic acids is 1. The van der Waals surface area contributed by atoms with Gasteiger partial charge in [0.15, 0.2) is 0 Å². The molecule has 35 heavy (non-hydrogen) atoms.